The van der Waals surface area contributed by atoms with Gasteiger partial charge in [-0.1, -0.05) is 6.42 Å². The van der Waals surface area contributed by atoms with Crippen molar-refractivity contribution in [2.75, 3.05) is 20.1 Å². The number of hydrogen-bond donors (Lipinski definition) is 0. The molecule has 2 fully saturated rings. The summed E-state index contributed by atoms with van der Waals surface area (Å²) in [5.74, 6) is 0.448. The van der Waals surface area contributed by atoms with E-state index in [-0.39, 0.29) is 11.9 Å². The maximum Gasteiger partial charge on any atom is 0.242 e. The lowest BCUT2D eigenvalue weighted by molar-refractivity contribution is -0.152. The van der Waals surface area contributed by atoms with E-state index in [4.69, 9.17) is 0 Å². The van der Waals surface area contributed by atoms with Crippen molar-refractivity contribution in [3.05, 3.63) is 0 Å². The summed E-state index contributed by atoms with van der Waals surface area (Å²) in [7, 11) is 1.84. The molecule has 1 amide bonds. The first-order valence-corrected chi connectivity index (χ1v) is 6.49. The second-order valence-electron chi connectivity index (χ2n) is 5.71. The van der Waals surface area contributed by atoms with E-state index in [0.29, 0.717) is 12.2 Å². The highest BCUT2D eigenvalue weighted by Gasteiger charge is 2.45. The van der Waals surface area contributed by atoms with E-state index in [0.717, 1.165) is 32.4 Å². The molecule has 0 aromatic heterocycles. The van der Waals surface area contributed by atoms with Gasteiger partial charge in [-0.2, -0.15) is 0 Å². The lowest BCUT2D eigenvalue weighted by Gasteiger charge is -2.48. The van der Waals surface area contributed by atoms with Crippen molar-refractivity contribution in [1.29, 1.82) is 0 Å². The van der Waals surface area contributed by atoms with E-state index < -0.39 is 5.54 Å². The number of ketones is 1. The van der Waals surface area contributed by atoms with Gasteiger partial charge in [0.05, 0.1) is 11.6 Å². The normalized spacial score (nSPS) is 30.8. The van der Waals surface area contributed by atoms with Gasteiger partial charge < -0.3 is 4.90 Å². The summed E-state index contributed by atoms with van der Waals surface area (Å²) in [5.41, 5.74) is -0.537. The van der Waals surface area contributed by atoms with Gasteiger partial charge in [0.2, 0.25) is 5.91 Å². The largest absolute Gasteiger partial charge is 0.343 e. The molecule has 4 nitrogen and oxygen atoms in total. The molecule has 1 atom stereocenters. The summed E-state index contributed by atoms with van der Waals surface area (Å²) in [6.45, 7) is 5.41. The van der Waals surface area contributed by atoms with Gasteiger partial charge in [-0.25, -0.2) is 0 Å². The van der Waals surface area contributed by atoms with Crippen LogP contribution in [0.2, 0.25) is 0 Å². The van der Waals surface area contributed by atoms with Gasteiger partial charge in [0.1, 0.15) is 5.78 Å². The molecule has 2 rings (SSSR count). The highest BCUT2D eigenvalue weighted by Crippen LogP contribution is 2.29. The van der Waals surface area contributed by atoms with Crippen LogP contribution in [0.15, 0.2) is 0 Å². The molecule has 4 heteroatoms. The molecule has 0 bridgehead atoms. The van der Waals surface area contributed by atoms with Crippen LogP contribution in [0.4, 0.5) is 0 Å². The summed E-state index contributed by atoms with van der Waals surface area (Å²) in [6.07, 6.45) is 3.71. The number of likely N-dealkylation sites (N-methyl/N-ethyl adjacent to an activating group) is 1. The average Bonchev–Trinajstić information content (AvgIpc) is 2.28. The maximum atomic E-state index is 12.2. The number of carbonyl (C=O) groups excluding carboxylic acids is 2. The van der Waals surface area contributed by atoms with Crippen LogP contribution in [0.5, 0.6) is 0 Å². The molecule has 0 N–H and O–H groups in total. The molecule has 2 aliphatic rings. The molecule has 1 unspecified atom stereocenters. The molecular weight excluding hydrogens is 216 g/mol. The molecule has 0 aromatic rings. The molecule has 0 radical (unpaired) electrons. The third-order valence-electron chi connectivity index (χ3n) is 4.16. The first kappa shape index (κ1) is 12.6. The van der Waals surface area contributed by atoms with Gasteiger partial charge in [0, 0.05) is 26.6 Å². The van der Waals surface area contributed by atoms with Gasteiger partial charge >= 0.3 is 0 Å². The molecule has 0 spiro atoms. The Bertz CT molecular complexity index is 338. The molecule has 0 aromatic carbocycles. The smallest absolute Gasteiger partial charge is 0.242 e. The fourth-order valence-corrected chi connectivity index (χ4v) is 3.07. The lowest BCUT2D eigenvalue weighted by Crippen LogP contribution is -2.66. The molecule has 96 valence electrons. The Labute approximate surface area is 103 Å². The zero-order chi connectivity index (χ0) is 12.6. The van der Waals surface area contributed by atoms with Gasteiger partial charge in [0.15, 0.2) is 0 Å². The summed E-state index contributed by atoms with van der Waals surface area (Å²) < 4.78 is 0. The van der Waals surface area contributed by atoms with Gasteiger partial charge in [0.25, 0.3) is 0 Å². The summed E-state index contributed by atoms with van der Waals surface area (Å²) in [6, 6.07) is -0.0311. The van der Waals surface area contributed by atoms with Crippen LogP contribution in [0.3, 0.4) is 0 Å². The van der Waals surface area contributed by atoms with Crippen molar-refractivity contribution in [3.63, 3.8) is 0 Å². The second-order valence-corrected chi connectivity index (χ2v) is 5.71. The summed E-state index contributed by atoms with van der Waals surface area (Å²) in [4.78, 5) is 28.1. The molecule has 1 heterocycles. The lowest BCUT2D eigenvalue weighted by atomic mass is 9.87. The van der Waals surface area contributed by atoms with Gasteiger partial charge in [-0.15, -0.1) is 0 Å². The molecular formula is C13H22N2O2. The standard InChI is InChI=1S/C13H22N2O2/c1-13(2)12(17)14(3)8-9-15(13)10-6-4-5-7-11(10)16/h10H,4-9H2,1-3H3. The topological polar surface area (TPSA) is 40.6 Å². The number of hydrogen-bond acceptors (Lipinski definition) is 3. The van der Waals surface area contributed by atoms with Crippen LogP contribution in [-0.2, 0) is 9.59 Å². The summed E-state index contributed by atoms with van der Waals surface area (Å²) >= 11 is 0. The van der Waals surface area contributed by atoms with Gasteiger partial charge in [-0.3, -0.25) is 14.5 Å². The van der Waals surface area contributed by atoms with E-state index in [1.165, 1.54) is 0 Å². The van der Waals surface area contributed by atoms with Crippen LogP contribution in [0.1, 0.15) is 39.5 Å². The van der Waals surface area contributed by atoms with Crippen molar-refractivity contribution in [3.8, 4) is 0 Å². The van der Waals surface area contributed by atoms with Crippen LogP contribution in [0, 0.1) is 0 Å². The average molecular weight is 238 g/mol. The van der Waals surface area contributed by atoms with Gasteiger partial charge in [-0.05, 0) is 26.7 Å². The summed E-state index contributed by atoms with van der Waals surface area (Å²) in [5, 5.41) is 0. The van der Waals surface area contributed by atoms with E-state index in [2.05, 4.69) is 4.90 Å². The predicted molar refractivity (Wildman–Crippen MR) is 65.7 cm³/mol. The monoisotopic (exact) mass is 238 g/mol. The van der Waals surface area contributed by atoms with Crippen LogP contribution < -0.4 is 0 Å². The number of piperazine rings is 1. The Kier molecular flexibility index (Phi) is 3.25. The van der Waals surface area contributed by atoms with Crippen LogP contribution >= 0.6 is 0 Å². The third-order valence-corrected chi connectivity index (χ3v) is 4.16. The van der Waals surface area contributed by atoms with Crippen molar-refractivity contribution in [2.24, 2.45) is 0 Å². The minimum atomic E-state index is -0.537. The fraction of sp³-hybridized carbons (Fsp3) is 0.846. The van der Waals surface area contributed by atoms with Crippen LogP contribution in [0.25, 0.3) is 0 Å². The van der Waals surface area contributed by atoms with E-state index in [9.17, 15) is 9.59 Å². The van der Waals surface area contributed by atoms with Crippen LogP contribution in [-0.4, -0.2) is 53.2 Å². The highest BCUT2D eigenvalue weighted by molar-refractivity contribution is 5.89. The molecule has 1 saturated carbocycles. The van der Waals surface area contributed by atoms with Crippen molar-refractivity contribution < 1.29 is 9.59 Å². The number of Topliss-reactive ketones (excluding diaryl/α,β-unsaturated/α-hetero) is 1. The Morgan fingerprint density at radius 3 is 2.53 bits per heavy atom. The first-order chi connectivity index (χ1) is 7.94. The SMILES string of the molecule is CN1CCN(C2CCCCC2=O)C(C)(C)C1=O. The van der Waals surface area contributed by atoms with Crippen molar-refractivity contribution in [1.82, 2.24) is 9.80 Å². The molecule has 1 saturated heterocycles. The molecule has 17 heavy (non-hydrogen) atoms. The zero-order valence-electron chi connectivity index (χ0n) is 11.0. The minimum absolute atomic E-state index is 0.0311. The second kappa shape index (κ2) is 4.41. The van der Waals surface area contributed by atoms with E-state index >= 15 is 0 Å². The third kappa shape index (κ3) is 2.10. The zero-order valence-corrected chi connectivity index (χ0v) is 11.0. The minimum Gasteiger partial charge on any atom is -0.343 e. The fourth-order valence-electron chi connectivity index (χ4n) is 3.07. The molecule has 1 aliphatic heterocycles. The Morgan fingerprint density at radius 2 is 1.88 bits per heavy atom. The van der Waals surface area contributed by atoms with E-state index in [1.54, 1.807) is 4.90 Å². The number of rotatable bonds is 1. The van der Waals surface area contributed by atoms with Crippen molar-refractivity contribution >= 4 is 11.7 Å². The predicted octanol–water partition coefficient (Wildman–Crippen LogP) is 1.05. The van der Waals surface area contributed by atoms with Crippen molar-refractivity contribution in [2.45, 2.75) is 51.1 Å². The maximum absolute atomic E-state index is 12.2. The highest BCUT2D eigenvalue weighted by atomic mass is 16.2. The number of amides is 1. The first-order valence-electron chi connectivity index (χ1n) is 6.49. The quantitative estimate of drug-likeness (QED) is 0.685. The number of nitrogens with zero attached hydrogens (tertiary/aromatic N) is 2. The number of carbonyl (C=O) groups is 2. The molecule has 1 aliphatic carbocycles. The Morgan fingerprint density at radius 1 is 1.18 bits per heavy atom. The van der Waals surface area contributed by atoms with E-state index in [1.807, 2.05) is 20.9 Å². The Hall–Kier alpha value is -0.900. The Balaban J connectivity index is 2.20.